The zero-order valence-electron chi connectivity index (χ0n) is 16.9. The van der Waals surface area contributed by atoms with Gasteiger partial charge in [0.1, 0.15) is 5.75 Å². The van der Waals surface area contributed by atoms with Crippen LogP contribution in [0.1, 0.15) is 26.7 Å². The third-order valence-electron chi connectivity index (χ3n) is 5.68. The normalized spacial score (nSPS) is 23.8. The van der Waals surface area contributed by atoms with E-state index in [2.05, 4.69) is 27.3 Å². The number of fused-ring (bicyclic) bond motifs is 1. The van der Waals surface area contributed by atoms with Crippen molar-refractivity contribution in [2.45, 2.75) is 38.3 Å². The van der Waals surface area contributed by atoms with Gasteiger partial charge in [-0.3, -0.25) is 9.88 Å². The number of pyridine rings is 1. The average molecular weight is 386 g/mol. The smallest absolute Gasteiger partial charge is 0.120 e. The number of ether oxygens (including phenoxy) is 3. The highest BCUT2D eigenvalue weighted by Gasteiger charge is 2.39. The SMILES string of the molecule is CC(C)Oc1ccc2nccc(NCC3(N4CCOCC4)CCCOC3)c2c1. The Hall–Kier alpha value is -1.89. The van der Waals surface area contributed by atoms with Crippen LogP contribution < -0.4 is 10.1 Å². The Bertz CT molecular complexity index is 784. The maximum absolute atomic E-state index is 5.92. The first-order chi connectivity index (χ1) is 13.7. The molecule has 2 aliphatic heterocycles. The van der Waals surface area contributed by atoms with Crippen LogP contribution in [0.2, 0.25) is 0 Å². The van der Waals surface area contributed by atoms with Crippen LogP contribution in [0.15, 0.2) is 30.5 Å². The minimum absolute atomic E-state index is 0.0175. The highest BCUT2D eigenvalue weighted by molar-refractivity contribution is 5.92. The molecule has 1 aromatic carbocycles. The second-order valence-electron chi connectivity index (χ2n) is 8.04. The van der Waals surface area contributed by atoms with Gasteiger partial charge in [-0.1, -0.05) is 0 Å². The van der Waals surface area contributed by atoms with E-state index in [1.165, 1.54) is 0 Å². The summed E-state index contributed by atoms with van der Waals surface area (Å²) in [5.74, 6) is 0.877. The van der Waals surface area contributed by atoms with Crippen molar-refractivity contribution in [2.24, 2.45) is 0 Å². The lowest BCUT2D eigenvalue weighted by Gasteiger charge is -2.47. The number of hydrogen-bond donors (Lipinski definition) is 1. The molecule has 6 nitrogen and oxygen atoms in total. The van der Waals surface area contributed by atoms with E-state index in [1.807, 2.05) is 32.2 Å². The lowest BCUT2D eigenvalue weighted by molar-refractivity contribution is -0.0800. The molecule has 2 fully saturated rings. The third-order valence-corrected chi connectivity index (χ3v) is 5.68. The van der Waals surface area contributed by atoms with Gasteiger partial charge in [0.15, 0.2) is 0 Å². The topological polar surface area (TPSA) is 55.9 Å². The molecule has 2 aliphatic rings. The van der Waals surface area contributed by atoms with Gasteiger partial charge in [0.2, 0.25) is 0 Å². The molecule has 1 N–H and O–H groups in total. The first-order valence-corrected chi connectivity index (χ1v) is 10.4. The molecule has 0 radical (unpaired) electrons. The monoisotopic (exact) mass is 385 g/mol. The summed E-state index contributed by atoms with van der Waals surface area (Å²) in [4.78, 5) is 7.07. The van der Waals surface area contributed by atoms with E-state index in [4.69, 9.17) is 14.2 Å². The first-order valence-electron chi connectivity index (χ1n) is 10.4. The maximum Gasteiger partial charge on any atom is 0.120 e. The summed E-state index contributed by atoms with van der Waals surface area (Å²) in [6, 6.07) is 8.16. The van der Waals surface area contributed by atoms with Gasteiger partial charge in [-0.25, -0.2) is 0 Å². The van der Waals surface area contributed by atoms with Crippen molar-refractivity contribution < 1.29 is 14.2 Å². The van der Waals surface area contributed by atoms with Crippen LogP contribution in [0.5, 0.6) is 5.75 Å². The van der Waals surface area contributed by atoms with Gasteiger partial charge in [-0.05, 0) is 51.0 Å². The van der Waals surface area contributed by atoms with E-state index in [-0.39, 0.29) is 11.6 Å². The second-order valence-corrected chi connectivity index (χ2v) is 8.04. The molecule has 2 saturated heterocycles. The van der Waals surface area contributed by atoms with Gasteiger partial charge in [0.05, 0.1) is 37.0 Å². The summed E-state index contributed by atoms with van der Waals surface area (Å²) in [6.07, 6.45) is 4.26. The predicted molar refractivity (Wildman–Crippen MR) is 111 cm³/mol. The number of hydrogen-bond acceptors (Lipinski definition) is 6. The highest BCUT2D eigenvalue weighted by Crippen LogP contribution is 2.31. The van der Waals surface area contributed by atoms with E-state index in [0.29, 0.717) is 0 Å². The number of aromatic nitrogens is 1. The lowest BCUT2D eigenvalue weighted by atomic mass is 9.89. The summed E-state index contributed by atoms with van der Waals surface area (Å²) in [6.45, 7) is 10.1. The van der Waals surface area contributed by atoms with Gasteiger partial charge in [0, 0.05) is 43.5 Å². The summed E-state index contributed by atoms with van der Waals surface area (Å²) in [5, 5.41) is 4.81. The van der Waals surface area contributed by atoms with E-state index in [0.717, 1.165) is 81.2 Å². The Morgan fingerprint density at radius 2 is 2.04 bits per heavy atom. The Labute approximate surface area is 167 Å². The molecule has 152 valence electrons. The fraction of sp³-hybridized carbons (Fsp3) is 0.591. The summed E-state index contributed by atoms with van der Waals surface area (Å²) in [7, 11) is 0. The Morgan fingerprint density at radius 1 is 1.18 bits per heavy atom. The van der Waals surface area contributed by atoms with Crippen molar-refractivity contribution in [3.63, 3.8) is 0 Å². The Balaban J connectivity index is 1.57. The molecule has 2 aromatic rings. The number of benzene rings is 1. The number of nitrogens with zero attached hydrogens (tertiary/aromatic N) is 2. The molecule has 0 saturated carbocycles. The fourth-order valence-electron chi connectivity index (χ4n) is 4.26. The van der Waals surface area contributed by atoms with Gasteiger partial charge >= 0.3 is 0 Å². The number of anilines is 1. The molecular formula is C22H31N3O3. The van der Waals surface area contributed by atoms with Crippen LogP contribution in [0.3, 0.4) is 0 Å². The molecule has 0 amide bonds. The highest BCUT2D eigenvalue weighted by atomic mass is 16.5. The maximum atomic E-state index is 5.92. The molecule has 6 heteroatoms. The second kappa shape index (κ2) is 8.64. The van der Waals surface area contributed by atoms with Crippen molar-refractivity contribution in [3.05, 3.63) is 30.5 Å². The van der Waals surface area contributed by atoms with Crippen molar-refractivity contribution >= 4 is 16.6 Å². The summed E-state index contributed by atoms with van der Waals surface area (Å²) >= 11 is 0. The molecule has 1 atom stereocenters. The molecule has 0 spiro atoms. The standard InChI is InChI=1S/C22H31N3O3/c1-17(2)28-18-4-5-20-19(14-18)21(6-8-23-20)24-15-22(7-3-11-27-16-22)25-9-12-26-13-10-25/h4-6,8,14,17H,3,7,9-13,15-16H2,1-2H3,(H,23,24). The first kappa shape index (κ1) is 19.4. The van der Waals surface area contributed by atoms with Gasteiger partial charge < -0.3 is 19.5 Å². The van der Waals surface area contributed by atoms with E-state index in [1.54, 1.807) is 0 Å². The largest absolute Gasteiger partial charge is 0.491 e. The van der Waals surface area contributed by atoms with Crippen molar-refractivity contribution in [2.75, 3.05) is 51.4 Å². The lowest BCUT2D eigenvalue weighted by Crippen LogP contribution is -2.61. The minimum atomic E-state index is 0.0175. The van der Waals surface area contributed by atoms with E-state index in [9.17, 15) is 0 Å². The Morgan fingerprint density at radius 3 is 2.79 bits per heavy atom. The minimum Gasteiger partial charge on any atom is -0.491 e. The van der Waals surface area contributed by atoms with E-state index < -0.39 is 0 Å². The van der Waals surface area contributed by atoms with Crippen LogP contribution in [-0.4, -0.2) is 67.6 Å². The van der Waals surface area contributed by atoms with Crippen molar-refractivity contribution in [3.8, 4) is 5.75 Å². The Kier molecular flexibility index (Phi) is 5.99. The summed E-state index contributed by atoms with van der Waals surface area (Å²) in [5.41, 5.74) is 2.09. The molecule has 1 unspecified atom stereocenters. The molecule has 3 heterocycles. The number of rotatable bonds is 6. The van der Waals surface area contributed by atoms with Crippen LogP contribution in [0.25, 0.3) is 10.9 Å². The van der Waals surface area contributed by atoms with Crippen LogP contribution in [0, 0.1) is 0 Å². The molecule has 0 aliphatic carbocycles. The third kappa shape index (κ3) is 4.24. The molecule has 1 aromatic heterocycles. The molecular weight excluding hydrogens is 354 g/mol. The fourth-order valence-corrected chi connectivity index (χ4v) is 4.26. The zero-order valence-corrected chi connectivity index (χ0v) is 16.9. The quantitative estimate of drug-likeness (QED) is 0.823. The van der Waals surface area contributed by atoms with Crippen LogP contribution in [0.4, 0.5) is 5.69 Å². The molecule has 4 rings (SSSR count). The zero-order chi connectivity index (χ0) is 19.4. The van der Waals surface area contributed by atoms with Crippen molar-refractivity contribution in [1.29, 1.82) is 0 Å². The molecule has 28 heavy (non-hydrogen) atoms. The van der Waals surface area contributed by atoms with Crippen LogP contribution in [-0.2, 0) is 9.47 Å². The number of nitrogens with one attached hydrogen (secondary N) is 1. The average Bonchev–Trinajstić information content (AvgIpc) is 2.73. The van der Waals surface area contributed by atoms with Gasteiger partial charge in [-0.15, -0.1) is 0 Å². The predicted octanol–water partition coefficient (Wildman–Crippen LogP) is 3.32. The number of morpholine rings is 1. The summed E-state index contributed by atoms with van der Waals surface area (Å²) < 4.78 is 17.4. The van der Waals surface area contributed by atoms with E-state index >= 15 is 0 Å². The van der Waals surface area contributed by atoms with Gasteiger partial charge in [0.25, 0.3) is 0 Å². The van der Waals surface area contributed by atoms with Crippen LogP contribution >= 0.6 is 0 Å². The van der Waals surface area contributed by atoms with Crippen molar-refractivity contribution in [1.82, 2.24) is 9.88 Å². The van der Waals surface area contributed by atoms with Gasteiger partial charge in [-0.2, -0.15) is 0 Å². The molecule has 0 bridgehead atoms.